The third-order valence-corrected chi connectivity index (χ3v) is 8.50. The van der Waals surface area contributed by atoms with Gasteiger partial charge in [-0.2, -0.15) is 0 Å². The van der Waals surface area contributed by atoms with Gasteiger partial charge >= 0.3 is 0 Å². The highest BCUT2D eigenvalue weighted by molar-refractivity contribution is 6.32. The van der Waals surface area contributed by atoms with Gasteiger partial charge in [0.25, 0.3) is 0 Å². The molecule has 0 spiro atoms. The molecule has 5 nitrogen and oxygen atoms in total. The number of likely N-dealkylation sites (tertiary alicyclic amines) is 1. The maximum absolute atomic E-state index is 13.7. The Morgan fingerprint density at radius 1 is 0.787 bits per heavy atom. The van der Waals surface area contributed by atoms with Gasteiger partial charge in [-0.05, 0) is 111 Å². The summed E-state index contributed by atoms with van der Waals surface area (Å²) >= 11 is 6.52. The number of carbonyl (C=O) groups excluding carboxylic acids is 1. The molecule has 0 N–H and O–H groups in total. The van der Waals surface area contributed by atoms with Crippen LogP contribution in [0.2, 0.25) is 5.02 Å². The average Bonchev–Trinajstić information content (AvgIpc) is 3.57. The molecule has 0 saturated carbocycles. The molecule has 1 aliphatic rings. The van der Waals surface area contributed by atoms with Crippen LogP contribution in [-0.2, 0) is 13.2 Å². The second-order valence-corrected chi connectivity index (χ2v) is 11.9. The van der Waals surface area contributed by atoms with Crippen LogP contribution in [0.15, 0.2) is 66.7 Å². The van der Waals surface area contributed by atoms with E-state index in [9.17, 15) is 13.6 Å². The normalized spacial score (nSPS) is 12.8. The number of ketones is 1. The molecular weight excluding hydrogens is 620 g/mol. The second kappa shape index (κ2) is 17.3. The molecule has 47 heavy (non-hydrogen) atoms. The highest BCUT2D eigenvalue weighted by Crippen LogP contribution is 2.36. The molecule has 0 bridgehead atoms. The van der Waals surface area contributed by atoms with Gasteiger partial charge in [-0.1, -0.05) is 55.8 Å². The van der Waals surface area contributed by atoms with Gasteiger partial charge in [-0.15, -0.1) is 0 Å². The van der Waals surface area contributed by atoms with Crippen LogP contribution in [0.4, 0.5) is 8.78 Å². The zero-order chi connectivity index (χ0) is 33.9. The van der Waals surface area contributed by atoms with Crippen LogP contribution in [0.1, 0.15) is 72.6 Å². The molecule has 8 heteroatoms. The van der Waals surface area contributed by atoms with Gasteiger partial charge in [0.2, 0.25) is 0 Å². The predicted molar refractivity (Wildman–Crippen MR) is 185 cm³/mol. The average molecular weight is 664 g/mol. The molecule has 1 heterocycles. The van der Waals surface area contributed by atoms with Crippen LogP contribution in [0, 0.1) is 25.5 Å². The Kier molecular flexibility index (Phi) is 13.2. The number of hydrogen-bond acceptors (Lipinski definition) is 5. The lowest BCUT2D eigenvalue weighted by molar-refractivity contribution is 0.101. The Labute approximate surface area is 282 Å². The van der Waals surface area contributed by atoms with Crippen molar-refractivity contribution in [3.63, 3.8) is 0 Å². The van der Waals surface area contributed by atoms with Crippen LogP contribution in [0.5, 0.6) is 17.2 Å². The first kappa shape index (κ1) is 35.9. The Morgan fingerprint density at radius 3 is 2.11 bits per heavy atom. The minimum absolute atomic E-state index is 0.141. The first-order chi connectivity index (χ1) is 22.7. The summed E-state index contributed by atoms with van der Waals surface area (Å²) in [5.41, 5.74) is 5.83. The molecule has 0 aliphatic carbocycles. The van der Waals surface area contributed by atoms with E-state index >= 15 is 0 Å². The van der Waals surface area contributed by atoms with Crippen molar-refractivity contribution in [2.24, 2.45) is 0 Å². The molecule has 0 aromatic heterocycles. The Balaban J connectivity index is 0.00000245. The number of Topliss-reactive ketones (excluding diaryl/α,β-unsaturated/α-hetero) is 1. The van der Waals surface area contributed by atoms with Gasteiger partial charge in [0.1, 0.15) is 42.1 Å². The number of benzene rings is 4. The molecule has 0 amide bonds. The van der Waals surface area contributed by atoms with Crippen molar-refractivity contribution in [3.05, 3.63) is 111 Å². The zero-order valence-electron chi connectivity index (χ0n) is 27.9. The quantitative estimate of drug-likeness (QED) is 0.105. The molecular formula is C39H44ClF2NO4. The van der Waals surface area contributed by atoms with E-state index in [-0.39, 0.29) is 35.3 Å². The molecule has 250 valence electrons. The highest BCUT2D eigenvalue weighted by Gasteiger charge is 2.17. The zero-order valence-corrected chi connectivity index (χ0v) is 28.7. The van der Waals surface area contributed by atoms with Crippen molar-refractivity contribution in [2.45, 2.75) is 67.1 Å². The first-order valence-electron chi connectivity index (χ1n) is 16.3. The molecule has 4 aromatic rings. The molecule has 0 radical (unpaired) electrons. The fourth-order valence-electron chi connectivity index (χ4n) is 5.72. The summed E-state index contributed by atoms with van der Waals surface area (Å²) < 4.78 is 45.5. The third-order valence-electron chi connectivity index (χ3n) is 8.21. The number of ether oxygens (including phenoxy) is 3. The van der Waals surface area contributed by atoms with Gasteiger partial charge in [0.05, 0.1) is 17.2 Å². The molecule has 0 unspecified atom stereocenters. The lowest BCUT2D eigenvalue weighted by Gasteiger charge is -2.18. The minimum Gasteiger partial charge on any atom is -0.493 e. The van der Waals surface area contributed by atoms with Crippen LogP contribution in [0.25, 0.3) is 11.1 Å². The van der Waals surface area contributed by atoms with Gasteiger partial charge in [0, 0.05) is 18.7 Å². The van der Waals surface area contributed by atoms with E-state index in [1.807, 2.05) is 38.1 Å². The standard InChI is InChI=1S/C37H38ClF2NO4.C2H6/c1-24-28(9-6-10-31(24)32-11-7-12-35(25(32)2)43-16-8-15-41-13-4-5-14-41)23-45-37-21-36(33(26(3)42)20-34(37)38)44-22-27-17-29(39)19-30(40)18-27;1-2/h6-7,9-12,17-21H,4-5,8,13-16,22-23H2,1-3H3;1-2H3. The maximum Gasteiger partial charge on any atom is 0.163 e. The van der Waals surface area contributed by atoms with E-state index < -0.39 is 11.6 Å². The van der Waals surface area contributed by atoms with Gasteiger partial charge in [-0.3, -0.25) is 4.79 Å². The van der Waals surface area contributed by atoms with E-state index in [1.54, 1.807) is 6.07 Å². The molecule has 1 fully saturated rings. The second-order valence-electron chi connectivity index (χ2n) is 11.5. The van der Waals surface area contributed by atoms with Crippen molar-refractivity contribution < 1.29 is 27.8 Å². The molecule has 1 aliphatic heterocycles. The molecule has 4 aromatic carbocycles. The fraction of sp³-hybridized carbons (Fsp3) is 0.359. The number of rotatable bonds is 13. The van der Waals surface area contributed by atoms with Gasteiger partial charge in [-0.25, -0.2) is 8.78 Å². The van der Waals surface area contributed by atoms with Crippen molar-refractivity contribution in [1.82, 2.24) is 4.90 Å². The number of carbonyl (C=O) groups is 1. The highest BCUT2D eigenvalue weighted by atomic mass is 35.5. The SMILES string of the molecule is CC.CC(=O)c1cc(Cl)c(OCc2cccc(-c3cccc(OCCCN4CCCC4)c3C)c2C)cc1OCc1cc(F)cc(F)c1. The lowest BCUT2D eigenvalue weighted by atomic mass is 9.93. The van der Waals surface area contributed by atoms with E-state index in [2.05, 4.69) is 30.9 Å². The third kappa shape index (κ3) is 9.55. The maximum atomic E-state index is 13.7. The largest absolute Gasteiger partial charge is 0.493 e. The van der Waals surface area contributed by atoms with Crippen molar-refractivity contribution in [2.75, 3.05) is 26.2 Å². The van der Waals surface area contributed by atoms with Crippen LogP contribution >= 0.6 is 11.6 Å². The summed E-state index contributed by atoms with van der Waals surface area (Å²) in [5.74, 6) is -0.250. The number of hydrogen-bond donors (Lipinski definition) is 0. The predicted octanol–water partition coefficient (Wildman–Crippen LogP) is 10.2. The lowest BCUT2D eigenvalue weighted by Crippen LogP contribution is -2.22. The Hall–Kier alpha value is -3.94. The summed E-state index contributed by atoms with van der Waals surface area (Å²) in [5, 5.41) is 0.253. The van der Waals surface area contributed by atoms with Gasteiger partial charge < -0.3 is 19.1 Å². The molecule has 5 rings (SSSR count). The van der Waals surface area contributed by atoms with E-state index in [4.69, 9.17) is 25.8 Å². The van der Waals surface area contributed by atoms with E-state index in [1.165, 1.54) is 51.1 Å². The Bertz CT molecular complexity index is 1650. The van der Waals surface area contributed by atoms with Crippen molar-refractivity contribution >= 4 is 17.4 Å². The van der Waals surface area contributed by atoms with Crippen molar-refractivity contribution in [3.8, 4) is 28.4 Å². The molecule has 0 atom stereocenters. The van der Waals surface area contributed by atoms with E-state index in [0.29, 0.717) is 17.9 Å². The van der Waals surface area contributed by atoms with Crippen LogP contribution in [-0.4, -0.2) is 36.9 Å². The first-order valence-corrected chi connectivity index (χ1v) is 16.7. The monoisotopic (exact) mass is 663 g/mol. The summed E-state index contributed by atoms with van der Waals surface area (Å²) in [4.78, 5) is 14.8. The summed E-state index contributed by atoms with van der Waals surface area (Å²) in [7, 11) is 0. The van der Waals surface area contributed by atoms with Crippen LogP contribution in [0.3, 0.4) is 0 Å². The van der Waals surface area contributed by atoms with Crippen LogP contribution < -0.4 is 14.2 Å². The number of halogens is 3. The topological polar surface area (TPSA) is 48.0 Å². The summed E-state index contributed by atoms with van der Waals surface area (Å²) in [6.07, 6.45) is 3.59. The van der Waals surface area contributed by atoms with E-state index in [0.717, 1.165) is 52.6 Å². The number of nitrogens with zero attached hydrogens (tertiary/aromatic N) is 1. The molecule has 1 saturated heterocycles. The summed E-state index contributed by atoms with van der Waals surface area (Å²) in [6.45, 7) is 13.8. The minimum atomic E-state index is -0.708. The Morgan fingerprint density at radius 2 is 1.43 bits per heavy atom. The fourth-order valence-corrected chi connectivity index (χ4v) is 5.94. The summed E-state index contributed by atoms with van der Waals surface area (Å²) in [6, 6.07) is 18.4. The van der Waals surface area contributed by atoms with Crippen molar-refractivity contribution in [1.29, 1.82) is 0 Å². The smallest absolute Gasteiger partial charge is 0.163 e. The van der Waals surface area contributed by atoms with Gasteiger partial charge in [0.15, 0.2) is 5.78 Å².